The second-order valence-electron chi connectivity index (χ2n) is 5.78. The Balaban J connectivity index is 1.75. The summed E-state index contributed by atoms with van der Waals surface area (Å²) in [5.74, 6) is -0.711. The summed E-state index contributed by atoms with van der Waals surface area (Å²) >= 11 is 12.0. The molecule has 0 aromatic heterocycles. The first-order chi connectivity index (χ1) is 11.5. The van der Waals surface area contributed by atoms with Gasteiger partial charge in [-0.15, -0.1) is 0 Å². The molecule has 0 saturated carbocycles. The predicted molar refractivity (Wildman–Crippen MR) is 96.7 cm³/mol. The topological polar surface area (TPSA) is 49.4 Å². The number of hydrogen-bond acceptors (Lipinski definition) is 2. The molecule has 0 bridgehead atoms. The maximum Gasteiger partial charge on any atom is 0.229 e. The predicted octanol–water partition coefficient (Wildman–Crippen LogP) is 4.29. The average Bonchev–Trinajstić information content (AvgIpc) is 2.94. The minimum Gasteiger partial charge on any atom is -0.324 e. The number of carbonyl (C=O) groups is 2. The fourth-order valence-corrected chi connectivity index (χ4v) is 3.17. The lowest BCUT2D eigenvalue weighted by Gasteiger charge is -2.19. The van der Waals surface area contributed by atoms with Crippen LogP contribution in [0.3, 0.4) is 0 Å². The van der Waals surface area contributed by atoms with Gasteiger partial charge in [-0.3, -0.25) is 9.59 Å². The third-order valence-electron chi connectivity index (χ3n) is 4.11. The molecule has 1 N–H and O–H groups in total. The van der Waals surface area contributed by atoms with Gasteiger partial charge < -0.3 is 10.2 Å². The van der Waals surface area contributed by atoms with Gasteiger partial charge in [-0.2, -0.15) is 0 Å². The third kappa shape index (κ3) is 3.25. The van der Waals surface area contributed by atoms with Gasteiger partial charge in [-0.1, -0.05) is 47.5 Å². The number of nitrogens with zero attached hydrogens (tertiary/aromatic N) is 1. The van der Waals surface area contributed by atoms with E-state index in [1.54, 1.807) is 23.1 Å². The molecular formula is C18H16Cl2N2O2. The van der Waals surface area contributed by atoms with E-state index in [1.807, 2.05) is 31.2 Å². The molecule has 0 aliphatic carbocycles. The number of amides is 2. The van der Waals surface area contributed by atoms with Crippen molar-refractivity contribution >= 4 is 46.4 Å². The normalized spacial score (nSPS) is 17.2. The third-order valence-corrected chi connectivity index (χ3v) is 4.93. The molecule has 6 heteroatoms. The van der Waals surface area contributed by atoms with Crippen molar-refractivity contribution in [2.24, 2.45) is 5.92 Å². The molecule has 1 saturated heterocycles. The van der Waals surface area contributed by atoms with E-state index < -0.39 is 5.92 Å². The fourth-order valence-electron chi connectivity index (χ4n) is 2.82. The maximum absolute atomic E-state index is 12.5. The Morgan fingerprint density at radius 3 is 2.67 bits per heavy atom. The molecule has 1 atom stereocenters. The van der Waals surface area contributed by atoms with Crippen molar-refractivity contribution in [1.82, 2.24) is 0 Å². The van der Waals surface area contributed by atoms with E-state index in [4.69, 9.17) is 23.2 Å². The summed E-state index contributed by atoms with van der Waals surface area (Å²) in [7, 11) is 0. The Bertz CT molecular complexity index is 807. The van der Waals surface area contributed by atoms with Crippen LogP contribution in [0.2, 0.25) is 10.0 Å². The summed E-state index contributed by atoms with van der Waals surface area (Å²) in [6.07, 6.45) is 0.179. The molecule has 2 amide bonds. The SMILES string of the molecule is Cc1ccccc1N1C[C@@H](C(=O)Nc2cccc(Cl)c2Cl)CC1=O. The van der Waals surface area contributed by atoms with Crippen molar-refractivity contribution in [2.75, 3.05) is 16.8 Å². The molecule has 24 heavy (non-hydrogen) atoms. The number of carbonyl (C=O) groups excluding carboxylic acids is 2. The molecule has 124 valence electrons. The van der Waals surface area contributed by atoms with E-state index in [0.717, 1.165) is 11.3 Å². The Morgan fingerprint density at radius 1 is 1.17 bits per heavy atom. The van der Waals surface area contributed by atoms with Crippen molar-refractivity contribution in [1.29, 1.82) is 0 Å². The van der Waals surface area contributed by atoms with Crippen LogP contribution in [-0.4, -0.2) is 18.4 Å². The molecule has 1 aliphatic heterocycles. The summed E-state index contributed by atoms with van der Waals surface area (Å²) < 4.78 is 0. The van der Waals surface area contributed by atoms with Gasteiger partial charge in [-0.05, 0) is 30.7 Å². The average molecular weight is 363 g/mol. The largest absolute Gasteiger partial charge is 0.324 e. The lowest BCUT2D eigenvalue weighted by Crippen LogP contribution is -2.28. The van der Waals surface area contributed by atoms with Gasteiger partial charge in [0.25, 0.3) is 0 Å². The highest BCUT2D eigenvalue weighted by Crippen LogP contribution is 2.32. The van der Waals surface area contributed by atoms with E-state index in [1.165, 1.54) is 0 Å². The molecule has 0 unspecified atom stereocenters. The second kappa shape index (κ2) is 6.83. The molecule has 1 heterocycles. The van der Waals surface area contributed by atoms with Gasteiger partial charge in [0.2, 0.25) is 11.8 Å². The van der Waals surface area contributed by atoms with E-state index in [9.17, 15) is 9.59 Å². The van der Waals surface area contributed by atoms with E-state index in [2.05, 4.69) is 5.32 Å². The van der Waals surface area contributed by atoms with Crippen molar-refractivity contribution in [2.45, 2.75) is 13.3 Å². The van der Waals surface area contributed by atoms with Gasteiger partial charge in [0, 0.05) is 18.7 Å². The smallest absolute Gasteiger partial charge is 0.229 e. The van der Waals surface area contributed by atoms with Crippen molar-refractivity contribution in [3.63, 3.8) is 0 Å². The highest BCUT2D eigenvalue weighted by Gasteiger charge is 2.35. The summed E-state index contributed by atoms with van der Waals surface area (Å²) in [5.41, 5.74) is 2.30. The summed E-state index contributed by atoms with van der Waals surface area (Å²) in [6, 6.07) is 12.7. The summed E-state index contributed by atoms with van der Waals surface area (Å²) in [6.45, 7) is 2.30. The molecule has 4 nitrogen and oxygen atoms in total. The quantitative estimate of drug-likeness (QED) is 0.884. The molecule has 0 spiro atoms. The molecular weight excluding hydrogens is 347 g/mol. The van der Waals surface area contributed by atoms with E-state index in [0.29, 0.717) is 22.3 Å². The number of anilines is 2. The van der Waals surface area contributed by atoms with Crippen LogP contribution in [0.4, 0.5) is 11.4 Å². The zero-order chi connectivity index (χ0) is 17.3. The first-order valence-electron chi connectivity index (χ1n) is 7.58. The number of aryl methyl sites for hydroxylation is 1. The van der Waals surface area contributed by atoms with Crippen LogP contribution in [0.1, 0.15) is 12.0 Å². The first-order valence-corrected chi connectivity index (χ1v) is 8.34. The number of para-hydroxylation sites is 1. The van der Waals surface area contributed by atoms with Crippen LogP contribution in [0, 0.1) is 12.8 Å². The molecule has 0 radical (unpaired) electrons. The lowest BCUT2D eigenvalue weighted by atomic mass is 10.1. The Morgan fingerprint density at radius 2 is 1.92 bits per heavy atom. The van der Waals surface area contributed by atoms with E-state index in [-0.39, 0.29) is 18.2 Å². The minimum absolute atomic E-state index is 0.0540. The number of hydrogen-bond donors (Lipinski definition) is 1. The van der Waals surface area contributed by atoms with Gasteiger partial charge in [0.15, 0.2) is 0 Å². The monoisotopic (exact) mass is 362 g/mol. The van der Waals surface area contributed by atoms with Crippen LogP contribution >= 0.6 is 23.2 Å². The highest BCUT2D eigenvalue weighted by molar-refractivity contribution is 6.44. The Hall–Kier alpha value is -2.04. The molecule has 1 aliphatic rings. The molecule has 2 aromatic rings. The Labute approximate surface area is 150 Å². The first kappa shape index (κ1) is 16.8. The maximum atomic E-state index is 12.5. The van der Waals surface area contributed by atoms with Crippen LogP contribution < -0.4 is 10.2 Å². The number of nitrogens with one attached hydrogen (secondary N) is 1. The van der Waals surface area contributed by atoms with Gasteiger partial charge in [0.1, 0.15) is 0 Å². The van der Waals surface area contributed by atoms with Crippen LogP contribution in [0.5, 0.6) is 0 Å². The van der Waals surface area contributed by atoms with Gasteiger partial charge in [0.05, 0.1) is 21.7 Å². The van der Waals surface area contributed by atoms with Crippen LogP contribution in [-0.2, 0) is 9.59 Å². The van der Waals surface area contributed by atoms with Crippen molar-refractivity contribution in [3.05, 3.63) is 58.1 Å². The standard InChI is InChI=1S/C18H16Cl2N2O2/c1-11-5-2-3-8-15(11)22-10-12(9-16(22)23)18(24)21-14-7-4-6-13(19)17(14)20/h2-8,12H,9-10H2,1H3,(H,21,24)/t12-/m0/s1. The van der Waals surface area contributed by atoms with Gasteiger partial charge >= 0.3 is 0 Å². The van der Waals surface area contributed by atoms with Crippen LogP contribution in [0.15, 0.2) is 42.5 Å². The lowest BCUT2D eigenvalue weighted by molar-refractivity contribution is -0.122. The second-order valence-corrected chi connectivity index (χ2v) is 6.57. The zero-order valence-corrected chi connectivity index (χ0v) is 14.6. The van der Waals surface area contributed by atoms with Gasteiger partial charge in [-0.25, -0.2) is 0 Å². The minimum atomic E-state index is -0.424. The summed E-state index contributed by atoms with van der Waals surface area (Å²) in [4.78, 5) is 26.5. The molecule has 2 aromatic carbocycles. The molecule has 3 rings (SSSR count). The number of rotatable bonds is 3. The van der Waals surface area contributed by atoms with Crippen molar-refractivity contribution in [3.8, 4) is 0 Å². The Kier molecular flexibility index (Phi) is 4.78. The van der Waals surface area contributed by atoms with E-state index >= 15 is 0 Å². The summed E-state index contributed by atoms with van der Waals surface area (Å²) in [5, 5.41) is 3.44. The number of halogens is 2. The molecule has 1 fully saturated rings. The fraction of sp³-hybridized carbons (Fsp3) is 0.222. The zero-order valence-electron chi connectivity index (χ0n) is 13.1. The number of benzene rings is 2. The van der Waals surface area contributed by atoms with Crippen LogP contribution in [0.25, 0.3) is 0 Å². The van der Waals surface area contributed by atoms with Crippen molar-refractivity contribution < 1.29 is 9.59 Å². The highest BCUT2D eigenvalue weighted by atomic mass is 35.5.